The second-order valence-electron chi connectivity index (χ2n) is 5.09. The maximum absolute atomic E-state index is 12.9. The summed E-state index contributed by atoms with van der Waals surface area (Å²) in [7, 11) is 2.03. The Kier molecular flexibility index (Phi) is 4.82. The average molecular weight is 273 g/mol. The lowest BCUT2D eigenvalue weighted by molar-refractivity contribution is 0.219. The fourth-order valence-corrected chi connectivity index (χ4v) is 2.16. The van der Waals surface area contributed by atoms with Gasteiger partial charge in [-0.1, -0.05) is 18.2 Å². The van der Waals surface area contributed by atoms with Crippen LogP contribution in [-0.2, 0) is 6.54 Å². The van der Waals surface area contributed by atoms with E-state index in [2.05, 4.69) is 16.8 Å². The van der Waals surface area contributed by atoms with Gasteiger partial charge >= 0.3 is 0 Å². The van der Waals surface area contributed by atoms with Crippen LogP contribution < -0.4 is 5.73 Å². The Labute approximate surface area is 119 Å². The lowest BCUT2D eigenvalue weighted by atomic mass is 10.00. The second-order valence-corrected chi connectivity index (χ2v) is 5.09. The maximum Gasteiger partial charge on any atom is 0.123 e. The molecule has 3 nitrogen and oxygen atoms in total. The number of halogens is 1. The molecule has 1 aromatic heterocycles. The number of benzene rings is 1. The fourth-order valence-electron chi connectivity index (χ4n) is 2.16. The molecule has 1 aromatic carbocycles. The van der Waals surface area contributed by atoms with Crippen LogP contribution in [0.1, 0.15) is 24.1 Å². The lowest BCUT2D eigenvalue weighted by Gasteiger charge is -2.30. The monoisotopic (exact) mass is 273 g/mol. The van der Waals surface area contributed by atoms with E-state index in [4.69, 9.17) is 5.73 Å². The summed E-state index contributed by atoms with van der Waals surface area (Å²) in [6, 6.07) is 10.3. The van der Waals surface area contributed by atoms with E-state index >= 15 is 0 Å². The molecule has 0 aliphatic heterocycles. The molecule has 20 heavy (non-hydrogen) atoms. The Balaban J connectivity index is 2.02. The summed E-state index contributed by atoms with van der Waals surface area (Å²) in [6.07, 6.45) is 3.61. The van der Waals surface area contributed by atoms with E-state index in [0.717, 1.165) is 17.7 Å². The first kappa shape index (κ1) is 14.6. The quantitative estimate of drug-likeness (QED) is 0.911. The summed E-state index contributed by atoms with van der Waals surface area (Å²) in [6.45, 7) is 2.86. The molecule has 0 saturated carbocycles. The number of likely N-dealkylation sites (N-methyl/N-ethyl adjacent to an activating group) is 1. The predicted octanol–water partition coefficient (Wildman–Crippen LogP) is 2.74. The molecule has 0 aliphatic rings. The summed E-state index contributed by atoms with van der Waals surface area (Å²) >= 11 is 0. The van der Waals surface area contributed by atoms with Crippen LogP contribution in [0.3, 0.4) is 0 Å². The first-order valence-electron chi connectivity index (χ1n) is 6.68. The molecule has 0 saturated heterocycles. The smallest absolute Gasteiger partial charge is 0.123 e. The molecule has 1 heterocycles. The Hall–Kier alpha value is -1.78. The molecule has 0 bridgehead atoms. The van der Waals surface area contributed by atoms with Crippen molar-refractivity contribution in [3.05, 3.63) is 65.7 Å². The molecule has 2 rings (SSSR count). The third-order valence-electron chi connectivity index (χ3n) is 3.62. The number of nitrogens with zero attached hydrogens (tertiary/aromatic N) is 2. The molecule has 2 aromatic rings. The zero-order valence-corrected chi connectivity index (χ0v) is 11.8. The highest BCUT2D eigenvalue weighted by atomic mass is 19.1. The summed E-state index contributed by atoms with van der Waals surface area (Å²) in [4.78, 5) is 6.28. The van der Waals surface area contributed by atoms with E-state index in [-0.39, 0.29) is 17.9 Å². The van der Waals surface area contributed by atoms with Gasteiger partial charge in [0.2, 0.25) is 0 Å². The third kappa shape index (κ3) is 3.62. The van der Waals surface area contributed by atoms with Crippen LogP contribution in [0.25, 0.3) is 0 Å². The van der Waals surface area contributed by atoms with Crippen LogP contribution >= 0.6 is 0 Å². The van der Waals surface area contributed by atoms with E-state index in [9.17, 15) is 4.39 Å². The molecule has 2 atom stereocenters. The average Bonchev–Trinajstić information content (AvgIpc) is 2.47. The van der Waals surface area contributed by atoms with Crippen LogP contribution in [0.2, 0.25) is 0 Å². The topological polar surface area (TPSA) is 42.1 Å². The predicted molar refractivity (Wildman–Crippen MR) is 78.5 cm³/mol. The number of aromatic nitrogens is 1. The second kappa shape index (κ2) is 6.59. The highest BCUT2D eigenvalue weighted by Gasteiger charge is 2.19. The molecule has 0 fully saturated rings. The minimum Gasteiger partial charge on any atom is -0.323 e. The van der Waals surface area contributed by atoms with E-state index < -0.39 is 0 Å². The van der Waals surface area contributed by atoms with Gasteiger partial charge in [0.15, 0.2) is 0 Å². The van der Waals surface area contributed by atoms with Gasteiger partial charge in [0.05, 0.1) is 0 Å². The highest BCUT2D eigenvalue weighted by Crippen LogP contribution is 2.19. The number of hydrogen-bond donors (Lipinski definition) is 1. The van der Waals surface area contributed by atoms with E-state index in [1.165, 1.54) is 12.1 Å². The molecule has 106 valence electrons. The molecule has 0 radical (unpaired) electrons. The van der Waals surface area contributed by atoms with Crippen molar-refractivity contribution in [3.63, 3.8) is 0 Å². The van der Waals surface area contributed by atoms with Gasteiger partial charge < -0.3 is 5.73 Å². The lowest BCUT2D eigenvalue weighted by Crippen LogP contribution is -2.37. The van der Waals surface area contributed by atoms with E-state index in [1.807, 2.05) is 25.4 Å². The fraction of sp³-hybridized carbons (Fsp3) is 0.312. The van der Waals surface area contributed by atoms with Crippen molar-refractivity contribution in [2.24, 2.45) is 5.73 Å². The van der Waals surface area contributed by atoms with Gasteiger partial charge in [-0.15, -0.1) is 0 Å². The SMILES string of the molecule is CC(C(N)c1ccc(F)cc1)N(C)Cc1cccnc1. The Morgan fingerprint density at radius 3 is 2.55 bits per heavy atom. The van der Waals surface area contributed by atoms with Crippen molar-refractivity contribution >= 4 is 0 Å². The molecular formula is C16H20FN3. The van der Waals surface area contributed by atoms with Gasteiger partial charge in [0.25, 0.3) is 0 Å². The largest absolute Gasteiger partial charge is 0.323 e. The Morgan fingerprint density at radius 1 is 1.25 bits per heavy atom. The number of nitrogens with two attached hydrogens (primary N) is 1. The van der Waals surface area contributed by atoms with Gasteiger partial charge in [-0.2, -0.15) is 0 Å². The summed E-state index contributed by atoms with van der Waals surface area (Å²) in [5, 5.41) is 0. The zero-order chi connectivity index (χ0) is 14.5. The zero-order valence-electron chi connectivity index (χ0n) is 11.8. The van der Waals surface area contributed by atoms with Crippen molar-refractivity contribution < 1.29 is 4.39 Å². The molecule has 0 aliphatic carbocycles. The van der Waals surface area contributed by atoms with Crippen LogP contribution in [0.5, 0.6) is 0 Å². The van der Waals surface area contributed by atoms with Crippen molar-refractivity contribution in [1.29, 1.82) is 0 Å². The molecule has 2 N–H and O–H groups in total. The van der Waals surface area contributed by atoms with Crippen LogP contribution in [-0.4, -0.2) is 23.0 Å². The standard InChI is InChI=1S/C16H20FN3/c1-12(16(18)14-5-7-15(17)8-6-14)20(2)11-13-4-3-9-19-10-13/h3-10,12,16H,11,18H2,1-2H3. The first-order valence-corrected chi connectivity index (χ1v) is 6.68. The molecule has 4 heteroatoms. The number of rotatable bonds is 5. The van der Waals surface area contributed by atoms with E-state index in [0.29, 0.717) is 0 Å². The van der Waals surface area contributed by atoms with Crippen molar-refractivity contribution in [3.8, 4) is 0 Å². The van der Waals surface area contributed by atoms with Gasteiger partial charge in [-0.25, -0.2) is 4.39 Å². The van der Waals surface area contributed by atoms with E-state index in [1.54, 1.807) is 18.3 Å². The van der Waals surface area contributed by atoms with Crippen LogP contribution in [0.4, 0.5) is 4.39 Å². The summed E-state index contributed by atoms with van der Waals surface area (Å²) in [5.74, 6) is -0.239. The van der Waals surface area contributed by atoms with Crippen molar-refractivity contribution in [1.82, 2.24) is 9.88 Å². The van der Waals surface area contributed by atoms with Crippen LogP contribution in [0, 0.1) is 5.82 Å². The number of pyridine rings is 1. The molecule has 2 unspecified atom stereocenters. The van der Waals surface area contributed by atoms with Gasteiger partial charge in [0, 0.05) is 31.0 Å². The molecular weight excluding hydrogens is 253 g/mol. The molecule has 0 amide bonds. The highest BCUT2D eigenvalue weighted by molar-refractivity contribution is 5.21. The normalized spacial score (nSPS) is 14.2. The first-order chi connectivity index (χ1) is 9.58. The summed E-state index contributed by atoms with van der Waals surface area (Å²) in [5.41, 5.74) is 8.35. The van der Waals surface area contributed by atoms with Gasteiger partial charge in [-0.3, -0.25) is 9.88 Å². The van der Waals surface area contributed by atoms with Gasteiger partial charge in [0.1, 0.15) is 5.82 Å². The van der Waals surface area contributed by atoms with Gasteiger partial charge in [-0.05, 0) is 43.3 Å². The Morgan fingerprint density at radius 2 is 1.95 bits per heavy atom. The van der Waals surface area contributed by atoms with Crippen molar-refractivity contribution in [2.45, 2.75) is 25.6 Å². The number of hydrogen-bond acceptors (Lipinski definition) is 3. The molecule has 0 spiro atoms. The third-order valence-corrected chi connectivity index (χ3v) is 3.62. The Bertz CT molecular complexity index is 527. The maximum atomic E-state index is 12.9. The minimum atomic E-state index is -0.239. The summed E-state index contributed by atoms with van der Waals surface area (Å²) < 4.78 is 12.9. The van der Waals surface area contributed by atoms with Crippen LogP contribution in [0.15, 0.2) is 48.8 Å². The minimum absolute atomic E-state index is 0.140. The van der Waals surface area contributed by atoms with Crippen molar-refractivity contribution in [2.75, 3.05) is 7.05 Å².